The maximum absolute atomic E-state index is 10.9. The van der Waals surface area contributed by atoms with Crippen LogP contribution in [-0.4, -0.2) is 17.6 Å². The predicted molar refractivity (Wildman–Crippen MR) is 68.8 cm³/mol. The van der Waals surface area contributed by atoms with Crippen molar-refractivity contribution in [3.05, 3.63) is 47.5 Å². The van der Waals surface area contributed by atoms with Crippen LogP contribution in [0.4, 0.5) is 0 Å². The third kappa shape index (κ3) is 5.46. The topological polar surface area (TPSA) is 101 Å². The molecule has 0 aromatic rings. The summed E-state index contributed by atoms with van der Waals surface area (Å²) in [5.41, 5.74) is 11.7. The van der Waals surface area contributed by atoms with Crippen LogP contribution < -0.4 is 16.8 Å². The maximum Gasteiger partial charge on any atom is 0.339 e. The number of allylic oxidation sites excluding steroid dienone is 2. The Bertz CT molecular complexity index is 379. The highest BCUT2D eigenvalue weighted by Gasteiger charge is 2.08. The van der Waals surface area contributed by atoms with Crippen molar-refractivity contribution in [2.75, 3.05) is 6.54 Å². The largest absolute Gasteiger partial charge is 0.478 e. The van der Waals surface area contributed by atoms with Gasteiger partial charge in [0.05, 0.1) is 0 Å². The lowest BCUT2D eigenvalue weighted by Gasteiger charge is -2.09. The second-order valence-corrected chi connectivity index (χ2v) is 3.21. The molecule has 5 heteroatoms. The molecule has 0 bridgehead atoms. The molecule has 0 spiro atoms. The van der Waals surface area contributed by atoms with Crippen molar-refractivity contribution in [2.45, 2.75) is 13.8 Å². The quantitative estimate of drug-likeness (QED) is 0.405. The van der Waals surface area contributed by atoms with Crippen molar-refractivity contribution in [3.63, 3.8) is 0 Å². The van der Waals surface area contributed by atoms with Crippen LogP contribution in [0.2, 0.25) is 0 Å². The van der Waals surface area contributed by atoms with E-state index >= 15 is 0 Å². The highest BCUT2D eigenvalue weighted by molar-refractivity contribution is 5.90. The molecule has 5 nitrogen and oxygen atoms in total. The molecular weight excluding hydrogens is 218 g/mol. The molecular formula is C12H19N3O2. The Balaban J connectivity index is 4.76. The van der Waals surface area contributed by atoms with E-state index in [9.17, 15) is 4.79 Å². The lowest BCUT2D eigenvalue weighted by atomic mass is 10.2. The van der Waals surface area contributed by atoms with Gasteiger partial charge in [0.2, 0.25) is 0 Å². The van der Waals surface area contributed by atoms with Crippen LogP contribution in [0, 0.1) is 0 Å². The fourth-order valence-electron chi connectivity index (χ4n) is 1.14. The van der Waals surface area contributed by atoms with Gasteiger partial charge in [-0.15, -0.1) is 0 Å². The van der Waals surface area contributed by atoms with Crippen molar-refractivity contribution in [3.8, 4) is 0 Å². The summed E-state index contributed by atoms with van der Waals surface area (Å²) in [6.45, 7) is 4.26. The van der Waals surface area contributed by atoms with E-state index in [4.69, 9.17) is 16.6 Å². The minimum absolute atomic E-state index is 0.0524. The smallest absolute Gasteiger partial charge is 0.339 e. The number of hydrogen-bond acceptors (Lipinski definition) is 4. The zero-order valence-electron chi connectivity index (χ0n) is 10.1. The van der Waals surface area contributed by atoms with Crippen LogP contribution in [0.5, 0.6) is 0 Å². The molecule has 0 aromatic heterocycles. The summed E-state index contributed by atoms with van der Waals surface area (Å²) in [6.07, 6.45) is 8.12. The molecule has 0 aromatic carbocycles. The minimum Gasteiger partial charge on any atom is -0.478 e. The summed E-state index contributed by atoms with van der Waals surface area (Å²) in [6, 6.07) is 0. The van der Waals surface area contributed by atoms with E-state index in [2.05, 4.69) is 5.32 Å². The molecule has 0 amide bonds. The van der Waals surface area contributed by atoms with Gasteiger partial charge in [-0.2, -0.15) is 0 Å². The third-order valence-electron chi connectivity index (χ3n) is 2.02. The van der Waals surface area contributed by atoms with Crippen LogP contribution in [0.15, 0.2) is 47.5 Å². The van der Waals surface area contributed by atoms with Gasteiger partial charge in [-0.25, -0.2) is 4.79 Å². The van der Waals surface area contributed by atoms with Crippen LogP contribution in [-0.2, 0) is 4.79 Å². The number of hydrogen-bond donors (Lipinski definition) is 4. The molecule has 0 unspecified atom stereocenters. The summed E-state index contributed by atoms with van der Waals surface area (Å²) >= 11 is 0. The molecule has 0 saturated heterocycles. The van der Waals surface area contributed by atoms with E-state index < -0.39 is 5.97 Å². The Labute approximate surface area is 101 Å². The number of rotatable bonds is 6. The first-order valence-electron chi connectivity index (χ1n) is 5.19. The van der Waals surface area contributed by atoms with E-state index in [0.29, 0.717) is 6.54 Å². The Morgan fingerprint density at radius 1 is 1.35 bits per heavy atom. The molecule has 0 rings (SSSR count). The van der Waals surface area contributed by atoms with E-state index in [0.717, 1.165) is 11.8 Å². The Kier molecular flexibility index (Phi) is 7.01. The number of carbonyl (C=O) groups is 1. The van der Waals surface area contributed by atoms with Gasteiger partial charge < -0.3 is 21.9 Å². The highest BCUT2D eigenvalue weighted by Crippen LogP contribution is 2.01. The standard InChI is InChI=1S/C12H19N3O2/c1-3-5-9(4-2)8-15-11(14)10(6-7-13)12(16)17/h3-7,15H,8,13-14H2,1-2H3,(H,16,17)/b5-3-,7-6-,9-4+,11-10-. The van der Waals surface area contributed by atoms with Gasteiger partial charge in [0.1, 0.15) is 11.4 Å². The summed E-state index contributed by atoms with van der Waals surface area (Å²) in [5.74, 6) is -1.03. The molecule has 0 aliphatic carbocycles. The minimum atomic E-state index is -1.12. The number of nitrogens with one attached hydrogen (secondary N) is 1. The molecule has 0 aliphatic heterocycles. The lowest BCUT2D eigenvalue weighted by molar-refractivity contribution is -0.132. The lowest BCUT2D eigenvalue weighted by Crippen LogP contribution is -2.26. The number of carboxylic acid groups (broad SMARTS) is 1. The Morgan fingerprint density at radius 2 is 2.00 bits per heavy atom. The molecule has 0 heterocycles. The molecule has 0 aliphatic rings. The van der Waals surface area contributed by atoms with E-state index in [1.807, 2.05) is 32.1 Å². The molecule has 0 radical (unpaired) electrons. The summed E-state index contributed by atoms with van der Waals surface area (Å²) in [7, 11) is 0. The molecule has 0 saturated carbocycles. The van der Waals surface area contributed by atoms with Crippen molar-refractivity contribution in [1.82, 2.24) is 5.32 Å². The monoisotopic (exact) mass is 237 g/mol. The normalized spacial score (nSPS) is 14.1. The SMILES string of the molecule is C/C=C\C(=C/C)CN/C(N)=C(/C=C\N)C(=O)O. The van der Waals surface area contributed by atoms with Crippen LogP contribution in [0.25, 0.3) is 0 Å². The van der Waals surface area contributed by atoms with E-state index in [-0.39, 0.29) is 11.4 Å². The van der Waals surface area contributed by atoms with Gasteiger partial charge in [-0.05, 0) is 31.7 Å². The van der Waals surface area contributed by atoms with E-state index in [1.165, 1.54) is 6.08 Å². The summed E-state index contributed by atoms with van der Waals surface area (Å²) < 4.78 is 0. The highest BCUT2D eigenvalue weighted by atomic mass is 16.4. The average Bonchev–Trinajstić information content (AvgIpc) is 2.30. The maximum atomic E-state index is 10.9. The van der Waals surface area contributed by atoms with Crippen LogP contribution in [0.3, 0.4) is 0 Å². The van der Waals surface area contributed by atoms with Gasteiger partial charge in [0.25, 0.3) is 0 Å². The van der Waals surface area contributed by atoms with E-state index in [1.54, 1.807) is 0 Å². The van der Waals surface area contributed by atoms with Gasteiger partial charge >= 0.3 is 5.97 Å². The number of aliphatic carboxylic acids is 1. The second kappa shape index (κ2) is 8.04. The van der Waals surface area contributed by atoms with Crippen molar-refractivity contribution >= 4 is 5.97 Å². The zero-order valence-corrected chi connectivity index (χ0v) is 10.1. The zero-order chi connectivity index (χ0) is 13.3. The number of nitrogens with two attached hydrogens (primary N) is 2. The van der Waals surface area contributed by atoms with Crippen molar-refractivity contribution in [2.24, 2.45) is 11.5 Å². The summed E-state index contributed by atoms with van der Waals surface area (Å²) in [4.78, 5) is 10.9. The molecule has 0 atom stereocenters. The molecule has 0 fully saturated rings. The van der Waals surface area contributed by atoms with Gasteiger partial charge in [-0.3, -0.25) is 0 Å². The third-order valence-corrected chi connectivity index (χ3v) is 2.02. The second-order valence-electron chi connectivity index (χ2n) is 3.21. The summed E-state index contributed by atoms with van der Waals surface area (Å²) in [5, 5.41) is 11.7. The van der Waals surface area contributed by atoms with Crippen LogP contribution >= 0.6 is 0 Å². The first-order valence-corrected chi connectivity index (χ1v) is 5.19. The first-order chi connectivity index (χ1) is 8.06. The van der Waals surface area contributed by atoms with Gasteiger partial charge in [-0.1, -0.05) is 18.2 Å². The molecule has 94 valence electrons. The first kappa shape index (κ1) is 14.8. The average molecular weight is 237 g/mol. The Hall–Kier alpha value is -2.17. The Morgan fingerprint density at radius 3 is 2.41 bits per heavy atom. The fourth-order valence-corrected chi connectivity index (χ4v) is 1.14. The fraction of sp³-hybridized carbons (Fsp3) is 0.250. The van der Waals surface area contributed by atoms with Crippen LogP contribution in [0.1, 0.15) is 13.8 Å². The van der Waals surface area contributed by atoms with Gasteiger partial charge in [0.15, 0.2) is 0 Å². The van der Waals surface area contributed by atoms with Crippen molar-refractivity contribution in [1.29, 1.82) is 0 Å². The predicted octanol–water partition coefficient (Wildman–Crippen LogP) is 0.826. The van der Waals surface area contributed by atoms with Gasteiger partial charge in [0, 0.05) is 6.54 Å². The molecule has 17 heavy (non-hydrogen) atoms. The number of carboxylic acids is 1. The van der Waals surface area contributed by atoms with Crippen molar-refractivity contribution < 1.29 is 9.90 Å². The molecule has 6 N–H and O–H groups in total.